The number of hydrogen-bond acceptors (Lipinski definition) is 5. The summed E-state index contributed by atoms with van der Waals surface area (Å²) in [6.07, 6.45) is 82.5. The molecule has 3 N–H and O–H groups in total. The zero-order valence-corrected chi connectivity index (χ0v) is 51.5. The summed E-state index contributed by atoms with van der Waals surface area (Å²) in [6.45, 7) is 4.94. The number of rotatable bonds is 65. The third kappa shape index (κ3) is 61.6. The maximum atomic E-state index is 12.5. The number of allylic oxidation sites excluding steroid dienone is 3. The minimum Gasteiger partial charge on any atom is -0.466 e. The van der Waals surface area contributed by atoms with Crippen molar-refractivity contribution in [3.8, 4) is 0 Å². The molecular formula is C70H135NO5. The highest BCUT2D eigenvalue weighted by molar-refractivity contribution is 5.76. The molecule has 0 aromatic heterocycles. The number of hydrogen-bond donors (Lipinski definition) is 3. The van der Waals surface area contributed by atoms with Crippen LogP contribution in [-0.4, -0.2) is 47.4 Å². The molecule has 2 atom stereocenters. The third-order valence-corrected chi connectivity index (χ3v) is 16.2. The lowest BCUT2D eigenvalue weighted by molar-refractivity contribution is -0.143. The van der Waals surface area contributed by atoms with Gasteiger partial charge in [0.25, 0.3) is 0 Å². The molecule has 0 spiro atoms. The number of ether oxygens (including phenoxy) is 1. The fourth-order valence-corrected chi connectivity index (χ4v) is 10.9. The predicted octanol–water partition coefficient (Wildman–Crippen LogP) is 22.1. The molecule has 0 aromatic rings. The van der Waals surface area contributed by atoms with Crippen LogP contribution < -0.4 is 5.32 Å². The van der Waals surface area contributed by atoms with Gasteiger partial charge in [-0.25, -0.2) is 0 Å². The van der Waals surface area contributed by atoms with Gasteiger partial charge in [-0.2, -0.15) is 0 Å². The van der Waals surface area contributed by atoms with Crippen LogP contribution in [0.1, 0.15) is 386 Å². The quantitative estimate of drug-likeness (QED) is 0.0320. The third-order valence-electron chi connectivity index (χ3n) is 16.2. The highest BCUT2D eigenvalue weighted by Gasteiger charge is 2.18. The molecular weight excluding hydrogens is 935 g/mol. The van der Waals surface area contributed by atoms with E-state index in [2.05, 4.69) is 31.3 Å². The number of esters is 1. The van der Waals surface area contributed by atoms with Gasteiger partial charge in [-0.3, -0.25) is 9.59 Å². The van der Waals surface area contributed by atoms with Crippen LogP contribution in [-0.2, 0) is 14.3 Å². The topological polar surface area (TPSA) is 95.9 Å². The van der Waals surface area contributed by atoms with E-state index >= 15 is 0 Å². The van der Waals surface area contributed by atoms with Crippen molar-refractivity contribution < 1.29 is 24.5 Å². The number of nitrogens with one attached hydrogen (secondary N) is 1. The van der Waals surface area contributed by atoms with Crippen LogP contribution in [0.2, 0.25) is 0 Å². The van der Waals surface area contributed by atoms with Gasteiger partial charge in [0.05, 0.1) is 25.4 Å². The van der Waals surface area contributed by atoms with Crippen molar-refractivity contribution >= 4 is 11.9 Å². The summed E-state index contributed by atoms with van der Waals surface area (Å²) in [5.74, 6) is -0.0504. The molecule has 0 fully saturated rings. The smallest absolute Gasteiger partial charge is 0.305 e. The number of aliphatic hydroxyl groups is 2. The van der Waals surface area contributed by atoms with E-state index in [1.807, 2.05) is 6.08 Å². The molecule has 0 rings (SSSR count). The molecule has 0 aliphatic heterocycles. The largest absolute Gasteiger partial charge is 0.466 e. The molecule has 2 unspecified atom stereocenters. The molecule has 1 amide bonds. The zero-order valence-electron chi connectivity index (χ0n) is 51.5. The Morgan fingerprint density at radius 3 is 0.934 bits per heavy atom. The minimum atomic E-state index is -0.846. The second-order valence-electron chi connectivity index (χ2n) is 23.9. The SMILES string of the molecule is CCCCCCCCCCCCCCC/C=C/C(O)C(CO)NC(=O)CCCCCCCCCCC/C=C\CCCCCCCCCCCCCCOC(=O)CCCCCCCCCCCCCCCCCCCCC. The molecule has 0 aromatic carbocycles. The van der Waals surface area contributed by atoms with Crippen molar-refractivity contribution in [3.05, 3.63) is 24.3 Å². The first kappa shape index (κ1) is 74.3. The van der Waals surface area contributed by atoms with Gasteiger partial charge in [-0.1, -0.05) is 340 Å². The van der Waals surface area contributed by atoms with Gasteiger partial charge in [-0.15, -0.1) is 0 Å². The van der Waals surface area contributed by atoms with Crippen LogP contribution in [0, 0.1) is 0 Å². The molecule has 76 heavy (non-hydrogen) atoms. The van der Waals surface area contributed by atoms with Gasteiger partial charge in [0.15, 0.2) is 0 Å². The average Bonchev–Trinajstić information content (AvgIpc) is 3.42. The van der Waals surface area contributed by atoms with Gasteiger partial charge >= 0.3 is 5.97 Å². The Kier molecular flexibility index (Phi) is 64.4. The lowest BCUT2D eigenvalue weighted by atomic mass is 10.0. The van der Waals surface area contributed by atoms with Gasteiger partial charge < -0.3 is 20.3 Å². The van der Waals surface area contributed by atoms with Gasteiger partial charge in [0, 0.05) is 12.8 Å². The van der Waals surface area contributed by atoms with Crippen LogP contribution in [0.15, 0.2) is 24.3 Å². The monoisotopic (exact) mass is 1070 g/mol. The molecule has 0 heterocycles. The number of carbonyl (C=O) groups is 2. The predicted molar refractivity (Wildman–Crippen MR) is 333 cm³/mol. The minimum absolute atomic E-state index is 0.0185. The second kappa shape index (κ2) is 65.9. The first-order valence-corrected chi connectivity index (χ1v) is 34.6. The van der Waals surface area contributed by atoms with Crippen LogP contribution >= 0.6 is 0 Å². The van der Waals surface area contributed by atoms with E-state index < -0.39 is 12.1 Å². The van der Waals surface area contributed by atoms with Crippen LogP contribution in [0.3, 0.4) is 0 Å². The summed E-state index contributed by atoms with van der Waals surface area (Å²) in [5, 5.41) is 23.1. The zero-order chi connectivity index (χ0) is 55.0. The maximum absolute atomic E-state index is 12.5. The van der Waals surface area contributed by atoms with Crippen molar-refractivity contribution in [2.75, 3.05) is 13.2 Å². The Balaban J connectivity index is 3.38. The number of carbonyl (C=O) groups excluding carboxylic acids is 2. The molecule has 0 radical (unpaired) electrons. The van der Waals surface area contributed by atoms with Crippen molar-refractivity contribution in [1.82, 2.24) is 5.32 Å². The first-order valence-electron chi connectivity index (χ1n) is 34.6. The lowest BCUT2D eigenvalue weighted by Gasteiger charge is -2.20. The highest BCUT2D eigenvalue weighted by atomic mass is 16.5. The van der Waals surface area contributed by atoms with E-state index in [1.54, 1.807) is 6.08 Å². The van der Waals surface area contributed by atoms with E-state index in [0.717, 1.165) is 38.5 Å². The Labute approximate surface area is 475 Å². The van der Waals surface area contributed by atoms with E-state index in [-0.39, 0.29) is 18.5 Å². The summed E-state index contributed by atoms with van der Waals surface area (Å²) >= 11 is 0. The summed E-state index contributed by atoms with van der Waals surface area (Å²) < 4.78 is 5.51. The average molecular weight is 1070 g/mol. The van der Waals surface area contributed by atoms with E-state index in [9.17, 15) is 19.8 Å². The van der Waals surface area contributed by atoms with Gasteiger partial charge in [0.2, 0.25) is 5.91 Å². The number of aliphatic hydroxyl groups excluding tert-OH is 2. The summed E-state index contributed by atoms with van der Waals surface area (Å²) in [6, 6.07) is -0.630. The molecule has 0 aliphatic rings. The van der Waals surface area contributed by atoms with Crippen LogP contribution in [0.5, 0.6) is 0 Å². The molecule has 0 saturated carbocycles. The molecule has 450 valence electrons. The van der Waals surface area contributed by atoms with E-state index in [0.29, 0.717) is 19.4 Å². The maximum Gasteiger partial charge on any atom is 0.305 e. The van der Waals surface area contributed by atoms with Crippen molar-refractivity contribution in [2.24, 2.45) is 0 Å². The fourth-order valence-electron chi connectivity index (χ4n) is 10.9. The molecule has 0 bridgehead atoms. The summed E-state index contributed by atoms with van der Waals surface area (Å²) in [5.41, 5.74) is 0. The van der Waals surface area contributed by atoms with E-state index in [1.165, 1.54) is 321 Å². The molecule has 6 nitrogen and oxygen atoms in total. The standard InChI is InChI=1S/C70H135NO5/c1-3-5-7-9-11-13-15-17-19-20-28-32-36-40-44-48-52-56-60-64-70(75)76-65-61-57-53-49-45-41-37-33-30-27-25-23-21-22-24-26-29-31-35-39-43-47-51-55-59-63-69(74)71-67(66-72)68(73)62-58-54-50-46-42-38-34-18-16-14-12-10-8-6-4-2/h22,24,58,62,67-68,72-73H,3-21,23,25-57,59-61,63-66H2,1-2H3,(H,71,74)/b24-22-,62-58+. The van der Waals surface area contributed by atoms with Crippen LogP contribution in [0.4, 0.5) is 0 Å². The van der Waals surface area contributed by atoms with E-state index in [4.69, 9.17) is 4.74 Å². The number of amides is 1. The first-order chi connectivity index (χ1) is 37.5. The van der Waals surface area contributed by atoms with Crippen molar-refractivity contribution in [3.63, 3.8) is 0 Å². The van der Waals surface area contributed by atoms with Gasteiger partial charge in [0.1, 0.15) is 0 Å². The Morgan fingerprint density at radius 2 is 0.618 bits per heavy atom. The lowest BCUT2D eigenvalue weighted by Crippen LogP contribution is -2.45. The highest BCUT2D eigenvalue weighted by Crippen LogP contribution is 2.18. The summed E-state index contributed by atoms with van der Waals surface area (Å²) in [7, 11) is 0. The Bertz CT molecular complexity index is 1190. The molecule has 6 heteroatoms. The normalized spacial score (nSPS) is 12.6. The van der Waals surface area contributed by atoms with Crippen LogP contribution in [0.25, 0.3) is 0 Å². The Morgan fingerprint density at radius 1 is 0.355 bits per heavy atom. The fraction of sp³-hybridized carbons (Fsp3) is 0.914. The van der Waals surface area contributed by atoms with Crippen molar-refractivity contribution in [1.29, 1.82) is 0 Å². The van der Waals surface area contributed by atoms with Crippen molar-refractivity contribution in [2.45, 2.75) is 398 Å². The Hall–Kier alpha value is -1.66. The number of unbranched alkanes of at least 4 members (excludes halogenated alkanes) is 52. The molecule has 0 saturated heterocycles. The van der Waals surface area contributed by atoms with Gasteiger partial charge in [-0.05, 0) is 57.8 Å². The molecule has 0 aliphatic carbocycles. The summed E-state index contributed by atoms with van der Waals surface area (Å²) in [4.78, 5) is 24.6. The second-order valence-corrected chi connectivity index (χ2v) is 23.9.